The molecule has 0 bridgehead atoms. The van der Waals surface area contributed by atoms with Gasteiger partial charge in [0, 0.05) is 25.4 Å². The van der Waals surface area contributed by atoms with E-state index in [2.05, 4.69) is 5.32 Å². The quantitative estimate of drug-likeness (QED) is 0.703. The maximum absolute atomic E-state index is 11.9. The molecule has 8 heteroatoms. The largest absolute Gasteiger partial charge is 0.317 e. The number of nitrogens with zero attached hydrogens (tertiary/aromatic N) is 1. The van der Waals surface area contributed by atoms with Gasteiger partial charge >= 0.3 is 0 Å². The van der Waals surface area contributed by atoms with Crippen molar-refractivity contribution in [3.8, 4) is 0 Å². The van der Waals surface area contributed by atoms with Crippen molar-refractivity contribution in [1.82, 2.24) is 9.62 Å². The van der Waals surface area contributed by atoms with Crippen LogP contribution in [0.15, 0.2) is 0 Å². The van der Waals surface area contributed by atoms with Crippen molar-refractivity contribution in [3.63, 3.8) is 0 Å². The topological polar surface area (TPSA) is 83.6 Å². The Hall–Kier alpha value is -0.180. The standard InChI is InChI=1S/C9H20N2O4S2/c1-10-9-3-5-11(6-4-9)17(14,15)8-7-16(2,12)13/h9-10H,3-8H2,1-2H3. The van der Waals surface area contributed by atoms with Crippen LogP contribution in [0.3, 0.4) is 0 Å². The molecule has 1 fully saturated rings. The van der Waals surface area contributed by atoms with Crippen LogP contribution in [0.4, 0.5) is 0 Å². The molecule has 1 N–H and O–H groups in total. The molecular formula is C9H20N2O4S2. The summed E-state index contributed by atoms with van der Waals surface area (Å²) in [6.07, 6.45) is 2.60. The van der Waals surface area contributed by atoms with E-state index >= 15 is 0 Å². The van der Waals surface area contributed by atoms with Gasteiger partial charge in [0.05, 0.1) is 11.5 Å². The van der Waals surface area contributed by atoms with E-state index in [4.69, 9.17) is 0 Å². The fraction of sp³-hybridized carbons (Fsp3) is 1.00. The van der Waals surface area contributed by atoms with E-state index in [0.29, 0.717) is 19.1 Å². The van der Waals surface area contributed by atoms with Gasteiger partial charge in [-0.05, 0) is 19.9 Å². The molecule has 0 aromatic rings. The van der Waals surface area contributed by atoms with Crippen molar-refractivity contribution in [1.29, 1.82) is 0 Å². The zero-order valence-electron chi connectivity index (χ0n) is 10.2. The molecule has 0 spiro atoms. The Balaban J connectivity index is 2.55. The van der Waals surface area contributed by atoms with Gasteiger partial charge in [0.15, 0.2) is 0 Å². The summed E-state index contributed by atoms with van der Waals surface area (Å²) >= 11 is 0. The van der Waals surface area contributed by atoms with E-state index in [-0.39, 0.29) is 11.5 Å². The van der Waals surface area contributed by atoms with Gasteiger partial charge in [0.1, 0.15) is 9.84 Å². The molecule has 0 atom stereocenters. The van der Waals surface area contributed by atoms with Crippen molar-refractivity contribution in [2.24, 2.45) is 0 Å². The minimum Gasteiger partial charge on any atom is -0.317 e. The van der Waals surface area contributed by atoms with Gasteiger partial charge in [-0.25, -0.2) is 21.1 Å². The van der Waals surface area contributed by atoms with Crippen LogP contribution in [0.5, 0.6) is 0 Å². The second-order valence-electron chi connectivity index (χ2n) is 4.41. The highest BCUT2D eigenvalue weighted by atomic mass is 32.2. The number of piperidine rings is 1. The summed E-state index contributed by atoms with van der Waals surface area (Å²) in [4.78, 5) is 0. The van der Waals surface area contributed by atoms with Crippen molar-refractivity contribution < 1.29 is 16.8 Å². The van der Waals surface area contributed by atoms with Gasteiger partial charge in [-0.2, -0.15) is 0 Å². The third kappa shape index (κ3) is 4.90. The Labute approximate surface area is 103 Å². The first-order valence-electron chi connectivity index (χ1n) is 5.57. The summed E-state index contributed by atoms with van der Waals surface area (Å²) < 4.78 is 47.1. The third-order valence-corrected chi connectivity index (χ3v) is 6.04. The summed E-state index contributed by atoms with van der Waals surface area (Å²) in [6, 6.07) is 0.358. The predicted octanol–water partition coefficient (Wildman–Crippen LogP) is -0.955. The van der Waals surface area contributed by atoms with Gasteiger partial charge in [-0.1, -0.05) is 0 Å². The van der Waals surface area contributed by atoms with Gasteiger partial charge in [0.2, 0.25) is 10.0 Å². The number of nitrogens with one attached hydrogen (secondary N) is 1. The fourth-order valence-corrected chi connectivity index (χ4v) is 4.89. The lowest BCUT2D eigenvalue weighted by atomic mass is 10.1. The Morgan fingerprint density at radius 1 is 1.12 bits per heavy atom. The Kier molecular flexibility index (Phi) is 4.94. The van der Waals surface area contributed by atoms with Crippen LogP contribution >= 0.6 is 0 Å². The van der Waals surface area contributed by atoms with Crippen molar-refractivity contribution in [2.75, 3.05) is 37.9 Å². The Bertz CT molecular complexity index is 436. The van der Waals surface area contributed by atoms with E-state index in [1.165, 1.54) is 4.31 Å². The molecule has 0 aliphatic carbocycles. The highest BCUT2D eigenvalue weighted by molar-refractivity contribution is 7.93. The first kappa shape index (κ1) is 14.9. The van der Waals surface area contributed by atoms with Gasteiger partial charge in [0.25, 0.3) is 0 Å². The minimum atomic E-state index is -3.42. The average molecular weight is 284 g/mol. The highest BCUT2D eigenvalue weighted by Gasteiger charge is 2.27. The molecule has 1 saturated heterocycles. The molecule has 102 valence electrons. The lowest BCUT2D eigenvalue weighted by Crippen LogP contribution is -2.45. The molecule has 0 unspecified atom stereocenters. The van der Waals surface area contributed by atoms with Crippen molar-refractivity contribution >= 4 is 19.9 Å². The fourth-order valence-electron chi connectivity index (χ4n) is 1.81. The normalized spacial score (nSPS) is 20.6. The van der Waals surface area contributed by atoms with Gasteiger partial charge in [-0.15, -0.1) is 0 Å². The second kappa shape index (κ2) is 5.64. The molecule has 6 nitrogen and oxygen atoms in total. The van der Waals surface area contributed by atoms with E-state index < -0.39 is 19.9 Å². The number of sulfonamides is 1. The van der Waals surface area contributed by atoms with Crippen LogP contribution in [0, 0.1) is 0 Å². The Morgan fingerprint density at radius 3 is 2.06 bits per heavy atom. The first-order chi connectivity index (χ1) is 7.74. The third-order valence-electron chi connectivity index (χ3n) is 2.97. The minimum absolute atomic E-state index is 0.304. The number of hydrogen-bond acceptors (Lipinski definition) is 5. The van der Waals surface area contributed by atoms with Gasteiger partial charge < -0.3 is 5.32 Å². The lowest BCUT2D eigenvalue weighted by Gasteiger charge is -2.30. The molecule has 0 aromatic carbocycles. The van der Waals surface area contributed by atoms with Crippen molar-refractivity contribution in [2.45, 2.75) is 18.9 Å². The monoisotopic (exact) mass is 284 g/mol. The number of hydrogen-bond donors (Lipinski definition) is 1. The van der Waals surface area contributed by atoms with Crippen LogP contribution in [-0.4, -0.2) is 65.1 Å². The summed E-state index contributed by atoms with van der Waals surface area (Å²) in [6.45, 7) is 0.940. The average Bonchev–Trinajstić information content (AvgIpc) is 2.26. The number of rotatable bonds is 5. The van der Waals surface area contributed by atoms with Crippen molar-refractivity contribution in [3.05, 3.63) is 0 Å². The first-order valence-corrected chi connectivity index (χ1v) is 9.24. The molecule has 0 saturated carbocycles. The molecule has 17 heavy (non-hydrogen) atoms. The van der Waals surface area contributed by atoms with E-state index in [1.54, 1.807) is 0 Å². The number of sulfone groups is 1. The zero-order valence-corrected chi connectivity index (χ0v) is 11.8. The summed E-state index contributed by atoms with van der Waals surface area (Å²) in [7, 11) is -4.79. The van der Waals surface area contributed by atoms with Crippen LogP contribution in [-0.2, 0) is 19.9 Å². The molecular weight excluding hydrogens is 264 g/mol. The maximum Gasteiger partial charge on any atom is 0.215 e. The van der Waals surface area contributed by atoms with Crippen LogP contribution in [0.1, 0.15) is 12.8 Å². The molecule has 0 amide bonds. The zero-order chi connectivity index (χ0) is 13.1. The molecule has 0 radical (unpaired) electrons. The van der Waals surface area contributed by atoms with Crippen LogP contribution < -0.4 is 5.32 Å². The molecule has 1 rings (SSSR count). The molecule has 1 aliphatic rings. The Morgan fingerprint density at radius 2 is 1.65 bits per heavy atom. The highest BCUT2D eigenvalue weighted by Crippen LogP contribution is 2.14. The molecule has 1 heterocycles. The van der Waals surface area contributed by atoms with Crippen LogP contribution in [0.25, 0.3) is 0 Å². The van der Waals surface area contributed by atoms with E-state index in [9.17, 15) is 16.8 Å². The van der Waals surface area contributed by atoms with Gasteiger partial charge in [-0.3, -0.25) is 0 Å². The van der Waals surface area contributed by atoms with Crippen LogP contribution in [0.2, 0.25) is 0 Å². The van der Waals surface area contributed by atoms with E-state index in [1.807, 2.05) is 7.05 Å². The smallest absolute Gasteiger partial charge is 0.215 e. The predicted molar refractivity (Wildman–Crippen MR) is 67.2 cm³/mol. The SMILES string of the molecule is CNC1CCN(S(=O)(=O)CCS(C)(=O)=O)CC1. The summed E-state index contributed by atoms with van der Waals surface area (Å²) in [5, 5.41) is 3.11. The van der Waals surface area contributed by atoms with E-state index in [0.717, 1.165) is 19.1 Å². The summed E-state index contributed by atoms with van der Waals surface area (Å²) in [5.41, 5.74) is 0. The maximum atomic E-state index is 11.9. The second-order valence-corrected chi connectivity index (χ2v) is 8.76. The lowest BCUT2D eigenvalue weighted by molar-refractivity contribution is 0.299. The molecule has 1 aliphatic heterocycles. The molecule has 0 aromatic heterocycles. The summed E-state index contributed by atoms with van der Waals surface area (Å²) in [5.74, 6) is -0.614.